The van der Waals surface area contributed by atoms with Crippen LogP contribution in [-0.2, 0) is 9.59 Å². The second-order valence-electron chi connectivity index (χ2n) is 5.10. The third kappa shape index (κ3) is 5.43. The number of rotatable bonds is 8. The molecule has 0 saturated heterocycles. The van der Waals surface area contributed by atoms with Crippen LogP contribution >= 0.6 is 0 Å². The van der Waals surface area contributed by atoms with E-state index in [2.05, 4.69) is 13.8 Å². The molecular weight excluding hydrogens is 254 g/mol. The number of hydrogen-bond acceptors (Lipinski definition) is 2. The number of aliphatic carboxylic acids is 1. The first-order valence-corrected chi connectivity index (χ1v) is 7.11. The lowest BCUT2D eigenvalue weighted by molar-refractivity contribution is -0.137. The van der Waals surface area contributed by atoms with Gasteiger partial charge in [-0.1, -0.05) is 38.5 Å². The molecule has 1 aromatic rings. The summed E-state index contributed by atoms with van der Waals surface area (Å²) >= 11 is 0. The number of hydrogen-bond donors (Lipinski definition) is 1. The number of para-hydroxylation sites is 1. The maximum atomic E-state index is 12.4. The van der Waals surface area contributed by atoms with Crippen molar-refractivity contribution in [2.45, 2.75) is 39.5 Å². The van der Waals surface area contributed by atoms with Gasteiger partial charge in [0.1, 0.15) is 0 Å². The third-order valence-electron chi connectivity index (χ3n) is 3.36. The second kappa shape index (κ2) is 8.35. The molecule has 1 N–H and O–H groups in total. The molecule has 0 bridgehead atoms. The fourth-order valence-corrected chi connectivity index (χ4v) is 1.95. The summed E-state index contributed by atoms with van der Waals surface area (Å²) in [6.45, 7) is 4.57. The fraction of sp³-hybridized carbons (Fsp3) is 0.500. The number of carbonyl (C=O) groups is 2. The number of nitrogens with zero attached hydrogens (tertiary/aromatic N) is 1. The van der Waals surface area contributed by atoms with Crippen LogP contribution in [0.15, 0.2) is 30.3 Å². The van der Waals surface area contributed by atoms with Gasteiger partial charge in [-0.2, -0.15) is 0 Å². The van der Waals surface area contributed by atoms with Crippen LogP contribution < -0.4 is 4.90 Å². The van der Waals surface area contributed by atoms with E-state index in [-0.39, 0.29) is 12.3 Å². The number of anilines is 1. The van der Waals surface area contributed by atoms with Crippen molar-refractivity contribution in [1.82, 2.24) is 0 Å². The topological polar surface area (TPSA) is 57.6 Å². The molecule has 1 amide bonds. The lowest BCUT2D eigenvalue weighted by atomic mass is 10.0. The summed E-state index contributed by atoms with van der Waals surface area (Å²) < 4.78 is 0. The molecule has 4 heteroatoms. The lowest BCUT2D eigenvalue weighted by Crippen LogP contribution is -2.33. The Labute approximate surface area is 120 Å². The van der Waals surface area contributed by atoms with Crippen molar-refractivity contribution < 1.29 is 14.7 Å². The van der Waals surface area contributed by atoms with E-state index < -0.39 is 5.97 Å². The average Bonchev–Trinajstić information content (AvgIpc) is 2.44. The first-order valence-electron chi connectivity index (χ1n) is 7.11. The number of carbonyl (C=O) groups excluding carboxylic acids is 1. The first-order chi connectivity index (χ1) is 9.54. The van der Waals surface area contributed by atoms with Gasteiger partial charge < -0.3 is 10.0 Å². The molecule has 0 heterocycles. The Bertz CT molecular complexity index is 431. The quantitative estimate of drug-likeness (QED) is 0.793. The largest absolute Gasteiger partial charge is 0.481 e. The minimum Gasteiger partial charge on any atom is -0.481 e. The standard InChI is InChI=1S/C16H23NO3/c1-3-13(2)12-15(18)17(11-7-10-16(19)20)14-8-5-4-6-9-14/h4-6,8-9,13H,3,7,10-12H2,1-2H3,(H,19,20). The van der Waals surface area contributed by atoms with Crippen LogP contribution in [0.3, 0.4) is 0 Å². The summed E-state index contributed by atoms with van der Waals surface area (Å²) in [5, 5.41) is 8.72. The Morgan fingerprint density at radius 3 is 2.45 bits per heavy atom. The summed E-state index contributed by atoms with van der Waals surface area (Å²) in [6.07, 6.45) is 2.01. The van der Waals surface area contributed by atoms with Crippen LogP contribution in [0.4, 0.5) is 5.69 Å². The molecule has 1 aromatic carbocycles. The van der Waals surface area contributed by atoms with Gasteiger partial charge in [-0.05, 0) is 24.5 Å². The van der Waals surface area contributed by atoms with E-state index in [4.69, 9.17) is 5.11 Å². The number of carboxylic acids is 1. The van der Waals surface area contributed by atoms with Gasteiger partial charge >= 0.3 is 5.97 Å². The monoisotopic (exact) mass is 277 g/mol. The summed E-state index contributed by atoms with van der Waals surface area (Å²) in [5.41, 5.74) is 0.839. The summed E-state index contributed by atoms with van der Waals surface area (Å²) in [7, 11) is 0. The van der Waals surface area contributed by atoms with E-state index >= 15 is 0 Å². The van der Waals surface area contributed by atoms with Gasteiger partial charge in [0, 0.05) is 25.1 Å². The normalized spacial score (nSPS) is 11.9. The average molecular weight is 277 g/mol. The molecule has 0 spiro atoms. The van der Waals surface area contributed by atoms with Crippen LogP contribution in [-0.4, -0.2) is 23.5 Å². The van der Waals surface area contributed by atoms with Crippen molar-refractivity contribution in [3.63, 3.8) is 0 Å². The van der Waals surface area contributed by atoms with E-state index in [0.29, 0.717) is 25.3 Å². The van der Waals surface area contributed by atoms with E-state index in [0.717, 1.165) is 12.1 Å². The number of carboxylic acid groups (broad SMARTS) is 1. The summed E-state index contributed by atoms with van der Waals surface area (Å²) in [4.78, 5) is 24.7. The third-order valence-corrected chi connectivity index (χ3v) is 3.36. The predicted octanol–water partition coefficient (Wildman–Crippen LogP) is 3.32. The molecule has 0 aliphatic carbocycles. The zero-order valence-electron chi connectivity index (χ0n) is 12.2. The minimum atomic E-state index is -0.826. The van der Waals surface area contributed by atoms with E-state index in [1.807, 2.05) is 30.3 Å². The predicted molar refractivity (Wildman–Crippen MR) is 79.7 cm³/mol. The fourth-order valence-electron chi connectivity index (χ4n) is 1.95. The molecule has 1 atom stereocenters. The smallest absolute Gasteiger partial charge is 0.303 e. The zero-order chi connectivity index (χ0) is 15.0. The Hall–Kier alpha value is -1.84. The zero-order valence-corrected chi connectivity index (χ0v) is 12.2. The molecule has 110 valence electrons. The van der Waals surface area contributed by atoms with Crippen LogP contribution in [0.25, 0.3) is 0 Å². The van der Waals surface area contributed by atoms with Crippen molar-refractivity contribution in [3.05, 3.63) is 30.3 Å². The number of amides is 1. The molecule has 0 fully saturated rings. The Balaban J connectivity index is 2.73. The summed E-state index contributed by atoms with van der Waals surface area (Å²) in [6, 6.07) is 9.44. The molecular formula is C16H23NO3. The van der Waals surface area contributed by atoms with Crippen molar-refractivity contribution >= 4 is 17.6 Å². The van der Waals surface area contributed by atoms with E-state index in [1.165, 1.54) is 0 Å². The van der Waals surface area contributed by atoms with Gasteiger partial charge in [0.25, 0.3) is 0 Å². The molecule has 0 aliphatic rings. The van der Waals surface area contributed by atoms with Gasteiger partial charge in [0.2, 0.25) is 5.91 Å². The number of benzene rings is 1. The highest BCUT2D eigenvalue weighted by atomic mass is 16.4. The lowest BCUT2D eigenvalue weighted by Gasteiger charge is -2.24. The summed E-state index contributed by atoms with van der Waals surface area (Å²) in [5.74, 6) is -0.420. The molecule has 0 aliphatic heterocycles. The highest BCUT2D eigenvalue weighted by Crippen LogP contribution is 2.18. The molecule has 20 heavy (non-hydrogen) atoms. The van der Waals surface area contributed by atoms with E-state index in [9.17, 15) is 9.59 Å². The molecule has 4 nitrogen and oxygen atoms in total. The molecule has 1 unspecified atom stereocenters. The Morgan fingerprint density at radius 2 is 1.90 bits per heavy atom. The molecule has 1 rings (SSSR count). The molecule has 0 radical (unpaired) electrons. The second-order valence-corrected chi connectivity index (χ2v) is 5.10. The SMILES string of the molecule is CCC(C)CC(=O)N(CCCC(=O)O)c1ccccc1. The maximum absolute atomic E-state index is 12.4. The van der Waals surface area contributed by atoms with Crippen LogP contribution in [0.5, 0.6) is 0 Å². The highest BCUT2D eigenvalue weighted by molar-refractivity contribution is 5.93. The van der Waals surface area contributed by atoms with Crippen molar-refractivity contribution in [2.24, 2.45) is 5.92 Å². The van der Waals surface area contributed by atoms with Crippen LogP contribution in [0.1, 0.15) is 39.5 Å². The Morgan fingerprint density at radius 1 is 1.25 bits per heavy atom. The minimum absolute atomic E-state index is 0.0657. The van der Waals surface area contributed by atoms with Crippen molar-refractivity contribution in [2.75, 3.05) is 11.4 Å². The Kier molecular flexibility index (Phi) is 6.77. The van der Waals surface area contributed by atoms with Gasteiger partial charge in [-0.25, -0.2) is 0 Å². The molecule has 0 aromatic heterocycles. The maximum Gasteiger partial charge on any atom is 0.303 e. The van der Waals surface area contributed by atoms with Crippen LogP contribution in [0.2, 0.25) is 0 Å². The van der Waals surface area contributed by atoms with Crippen molar-refractivity contribution in [3.8, 4) is 0 Å². The van der Waals surface area contributed by atoms with Gasteiger partial charge in [-0.15, -0.1) is 0 Å². The molecule has 0 saturated carbocycles. The van der Waals surface area contributed by atoms with Crippen molar-refractivity contribution in [1.29, 1.82) is 0 Å². The highest BCUT2D eigenvalue weighted by Gasteiger charge is 2.17. The van der Waals surface area contributed by atoms with Gasteiger partial charge in [-0.3, -0.25) is 9.59 Å². The van der Waals surface area contributed by atoms with Gasteiger partial charge in [0.05, 0.1) is 0 Å². The van der Waals surface area contributed by atoms with Crippen LogP contribution in [0, 0.1) is 5.92 Å². The first kappa shape index (κ1) is 16.2. The van der Waals surface area contributed by atoms with E-state index in [1.54, 1.807) is 4.90 Å². The van der Waals surface area contributed by atoms with Gasteiger partial charge in [0.15, 0.2) is 0 Å².